The zero-order valence-corrected chi connectivity index (χ0v) is 13.7. The molecule has 0 saturated carbocycles. The highest BCUT2D eigenvalue weighted by Gasteiger charge is 2.18. The topological polar surface area (TPSA) is 60.5 Å². The molecule has 1 aromatic carbocycles. The SMILES string of the molecule is Cc1ccc(CN(CCN(C)C)C(=O)c2cccc(C#N)c2)o1. The summed E-state index contributed by atoms with van der Waals surface area (Å²) in [6.07, 6.45) is 0. The zero-order valence-electron chi connectivity index (χ0n) is 13.7. The normalized spacial score (nSPS) is 10.6. The van der Waals surface area contributed by atoms with Crippen LogP contribution in [-0.2, 0) is 6.54 Å². The predicted octanol–water partition coefficient (Wildman–Crippen LogP) is 2.66. The van der Waals surface area contributed by atoms with Gasteiger partial charge in [0.25, 0.3) is 5.91 Å². The van der Waals surface area contributed by atoms with Gasteiger partial charge >= 0.3 is 0 Å². The first-order chi connectivity index (χ1) is 11.0. The van der Waals surface area contributed by atoms with E-state index in [1.807, 2.05) is 38.1 Å². The summed E-state index contributed by atoms with van der Waals surface area (Å²) in [5.74, 6) is 1.48. The molecule has 0 aliphatic heterocycles. The van der Waals surface area contributed by atoms with Crippen LogP contribution >= 0.6 is 0 Å². The Kier molecular flexibility index (Phi) is 5.56. The Morgan fingerprint density at radius 1 is 1.22 bits per heavy atom. The largest absolute Gasteiger partial charge is 0.464 e. The van der Waals surface area contributed by atoms with Crippen molar-refractivity contribution >= 4 is 5.91 Å². The first-order valence-electron chi connectivity index (χ1n) is 7.49. The monoisotopic (exact) mass is 311 g/mol. The molecule has 5 heteroatoms. The molecule has 0 spiro atoms. The maximum absolute atomic E-state index is 12.8. The van der Waals surface area contributed by atoms with E-state index in [1.165, 1.54) is 0 Å². The minimum absolute atomic E-state index is 0.0991. The molecule has 1 amide bonds. The van der Waals surface area contributed by atoms with Crippen LogP contribution in [0.5, 0.6) is 0 Å². The minimum atomic E-state index is -0.0991. The van der Waals surface area contributed by atoms with E-state index < -0.39 is 0 Å². The van der Waals surface area contributed by atoms with Crippen molar-refractivity contribution in [2.45, 2.75) is 13.5 Å². The zero-order chi connectivity index (χ0) is 16.8. The molecule has 0 aliphatic carbocycles. The summed E-state index contributed by atoms with van der Waals surface area (Å²) < 4.78 is 5.59. The highest BCUT2D eigenvalue weighted by molar-refractivity contribution is 5.94. The van der Waals surface area contributed by atoms with Crippen molar-refractivity contribution in [1.82, 2.24) is 9.80 Å². The van der Waals surface area contributed by atoms with Crippen LogP contribution in [0.25, 0.3) is 0 Å². The fourth-order valence-electron chi connectivity index (χ4n) is 2.24. The maximum atomic E-state index is 12.8. The fraction of sp³-hybridized carbons (Fsp3) is 0.333. The Morgan fingerprint density at radius 3 is 2.61 bits per heavy atom. The second kappa shape index (κ2) is 7.61. The molecule has 0 aliphatic rings. The molecule has 0 bridgehead atoms. The van der Waals surface area contributed by atoms with Crippen LogP contribution in [0, 0.1) is 18.3 Å². The van der Waals surface area contributed by atoms with E-state index >= 15 is 0 Å². The summed E-state index contributed by atoms with van der Waals surface area (Å²) in [5, 5.41) is 9.00. The van der Waals surface area contributed by atoms with Gasteiger partial charge in [-0.2, -0.15) is 5.26 Å². The number of nitrogens with zero attached hydrogens (tertiary/aromatic N) is 3. The molecule has 120 valence electrons. The van der Waals surface area contributed by atoms with Gasteiger partial charge in [-0.1, -0.05) is 6.07 Å². The van der Waals surface area contributed by atoms with E-state index in [0.29, 0.717) is 24.2 Å². The molecule has 5 nitrogen and oxygen atoms in total. The van der Waals surface area contributed by atoms with E-state index in [4.69, 9.17) is 9.68 Å². The lowest BCUT2D eigenvalue weighted by atomic mass is 10.1. The fourth-order valence-corrected chi connectivity index (χ4v) is 2.24. The maximum Gasteiger partial charge on any atom is 0.254 e. The van der Waals surface area contributed by atoms with Crippen LogP contribution in [0.4, 0.5) is 0 Å². The van der Waals surface area contributed by atoms with Gasteiger partial charge in [-0.15, -0.1) is 0 Å². The van der Waals surface area contributed by atoms with Crippen LogP contribution in [-0.4, -0.2) is 42.9 Å². The molecule has 0 radical (unpaired) electrons. The van der Waals surface area contributed by atoms with E-state index in [0.717, 1.165) is 18.1 Å². The number of rotatable bonds is 6. The van der Waals surface area contributed by atoms with Crippen LogP contribution in [0.1, 0.15) is 27.4 Å². The summed E-state index contributed by atoms with van der Waals surface area (Å²) in [4.78, 5) is 16.6. The average Bonchev–Trinajstić information content (AvgIpc) is 2.95. The highest BCUT2D eigenvalue weighted by Crippen LogP contribution is 2.14. The molecule has 0 saturated heterocycles. The molecule has 0 N–H and O–H groups in total. The third-order valence-electron chi connectivity index (χ3n) is 3.49. The van der Waals surface area contributed by atoms with Crippen molar-refractivity contribution in [1.29, 1.82) is 5.26 Å². The molecule has 2 aromatic rings. The number of carbonyl (C=O) groups is 1. The summed E-state index contributed by atoms with van der Waals surface area (Å²) >= 11 is 0. The molecule has 2 rings (SSSR count). The lowest BCUT2D eigenvalue weighted by Gasteiger charge is -2.23. The Morgan fingerprint density at radius 2 is 2.00 bits per heavy atom. The molecule has 0 atom stereocenters. The van der Waals surface area contributed by atoms with Gasteiger partial charge < -0.3 is 14.2 Å². The third kappa shape index (κ3) is 4.70. The van der Waals surface area contributed by atoms with E-state index in [1.54, 1.807) is 29.2 Å². The molecular weight excluding hydrogens is 290 g/mol. The number of hydrogen-bond acceptors (Lipinski definition) is 4. The van der Waals surface area contributed by atoms with Crippen LogP contribution in [0.3, 0.4) is 0 Å². The molecule has 1 aromatic heterocycles. The number of benzene rings is 1. The standard InChI is InChI=1S/C18H21N3O2/c1-14-7-8-17(23-14)13-21(10-9-20(2)3)18(22)16-6-4-5-15(11-16)12-19/h4-8,11H,9-10,13H2,1-3H3. The van der Waals surface area contributed by atoms with Crippen LogP contribution < -0.4 is 0 Å². The lowest BCUT2D eigenvalue weighted by Crippen LogP contribution is -2.36. The number of aryl methyl sites for hydroxylation is 1. The van der Waals surface area contributed by atoms with E-state index in [9.17, 15) is 4.79 Å². The second-order valence-corrected chi connectivity index (χ2v) is 5.73. The average molecular weight is 311 g/mol. The minimum Gasteiger partial charge on any atom is -0.464 e. The van der Waals surface area contributed by atoms with Crippen molar-refractivity contribution in [2.75, 3.05) is 27.2 Å². The second-order valence-electron chi connectivity index (χ2n) is 5.73. The third-order valence-corrected chi connectivity index (χ3v) is 3.49. The van der Waals surface area contributed by atoms with Gasteiger partial charge in [0.2, 0.25) is 0 Å². The quantitative estimate of drug-likeness (QED) is 0.823. The van der Waals surface area contributed by atoms with E-state index in [-0.39, 0.29) is 5.91 Å². The first-order valence-corrected chi connectivity index (χ1v) is 7.49. The van der Waals surface area contributed by atoms with Crippen molar-refractivity contribution in [3.63, 3.8) is 0 Å². The summed E-state index contributed by atoms with van der Waals surface area (Å²) in [5.41, 5.74) is 1.00. The van der Waals surface area contributed by atoms with Gasteiger partial charge in [0.1, 0.15) is 11.5 Å². The first kappa shape index (κ1) is 16.8. The Balaban J connectivity index is 2.20. The van der Waals surface area contributed by atoms with Crippen LogP contribution in [0.2, 0.25) is 0 Å². The summed E-state index contributed by atoms with van der Waals surface area (Å²) in [6, 6.07) is 12.6. The number of furan rings is 1. The van der Waals surface area contributed by atoms with Gasteiger partial charge in [-0.05, 0) is 51.4 Å². The van der Waals surface area contributed by atoms with Gasteiger partial charge in [0.15, 0.2) is 0 Å². The van der Waals surface area contributed by atoms with Crippen LogP contribution in [0.15, 0.2) is 40.8 Å². The van der Waals surface area contributed by atoms with Crippen molar-refractivity contribution < 1.29 is 9.21 Å². The van der Waals surface area contributed by atoms with Crippen molar-refractivity contribution in [3.05, 3.63) is 59.0 Å². The Labute approximate surface area is 136 Å². The summed E-state index contributed by atoms with van der Waals surface area (Å²) in [6.45, 7) is 3.63. The van der Waals surface area contributed by atoms with Gasteiger partial charge in [-0.25, -0.2) is 0 Å². The number of nitriles is 1. The summed E-state index contributed by atoms with van der Waals surface area (Å²) in [7, 11) is 3.94. The highest BCUT2D eigenvalue weighted by atomic mass is 16.3. The molecular formula is C18H21N3O2. The lowest BCUT2D eigenvalue weighted by molar-refractivity contribution is 0.0719. The molecule has 1 heterocycles. The van der Waals surface area contributed by atoms with Crippen molar-refractivity contribution in [3.8, 4) is 6.07 Å². The van der Waals surface area contributed by atoms with Gasteiger partial charge in [0.05, 0.1) is 18.2 Å². The number of likely N-dealkylation sites (N-methyl/N-ethyl adjacent to an activating group) is 1. The Hall–Kier alpha value is -2.58. The molecule has 0 unspecified atom stereocenters. The van der Waals surface area contributed by atoms with Crippen molar-refractivity contribution in [2.24, 2.45) is 0 Å². The number of hydrogen-bond donors (Lipinski definition) is 0. The molecule has 23 heavy (non-hydrogen) atoms. The molecule has 0 fully saturated rings. The number of amides is 1. The van der Waals surface area contributed by atoms with Gasteiger partial charge in [-0.3, -0.25) is 4.79 Å². The Bertz CT molecular complexity index is 713. The predicted molar refractivity (Wildman–Crippen MR) is 87.9 cm³/mol. The smallest absolute Gasteiger partial charge is 0.254 e. The van der Waals surface area contributed by atoms with Gasteiger partial charge in [0, 0.05) is 18.7 Å². The number of carbonyl (C=O) groups excluding carboxylic acids is 1. The van der Waals surface area contributed by atoms with E-state index in [2.05, 4.69) is 6.07 Å².